The van der Waals surface area contributed by atoms with E-state index in [1.807, 2.05) is 6.07 Å². The number of nitrogens with one attached hydrogen (secondary N) is 1. The Hall–Kier alpha value is -2.59. The Labute approximate surface area is 122 Å². The molecule has 1 rings (SSSR count). The van der Waals surface area contributed by atoms with Crippen molar-refractivity contribution in [3.05, 3.63) is 29.3 Å². The highest BCUT2D eigenvalue weighted by Crippen LogP contribution is 2.24. The van der Waals surface area contributed by atoms with E-state index in [4.69, 9.17) is 14.7 Å². The fourth-order valence-electron chi connectivity index (χ4n) is 1.78. The molecule has 0 radical (unpaired) electrons. The third-order valence-electron chi connectivity index (χ3n) is 2.79. The van der Waals surface area contributed by atoms with E-state index >= 15 is 0 Å². The Balaban J connectivity index is 3.08. The van der Waals surface area contributed by atoms with Crippen molar-refractivity contribution in [2.45, 2.75) is 19.1 Å². The lowest BCUT2D eigenvalue weighted by Gasteiger charge is -2.21. The first-order valence-corrected chi connectivity index (χ1v) is 6.21. The van der Waals surface area contributed by atoms with Crippen molar-refractivity contribution in [3.63, 3.8) is 0 Å². The van der Waals surface area contributed by atoms with Crippen molar-refractivity contribution in [2.24, 2.45) is 0 Å². The lowest BCUT2D eigenvalue weighted by Crippen LogP contribution is -2.42. The molecule has 0 bridgehead atoms. The van der Waals surface area contributed by atoms with E-state index in [-0.39, 0.29) is 12.2 Å². The molecule has 1 aromatic rings. The second-order valence-corrected chi connectivity index (χ2v) is 4.03. The summed E-state index contributed by atoms with van der Waals surface area (Å²) in [6, 6.07) is 5.07. The summed E-state index contributed by atoms with van der Waals surface area (Å²) < 4.78 is 9.79. The zero-order valence-corrected chi connectivity index (χ0v) is 11.7. The molecule has 0 fully saturated rings. The first-order valence-electron chi connectivity index (χ1n) is 6.21. The van der Waals surface area contributed by atoms with Crippen LogP contribution in [0.1, 0.15) is 24.2 Å². The molecule has 0 saturated heterocycles. The molecule has 112 valence electrons. The van der Waals surface area contributed by atoms with Gasteiger partial charge < -0.3 is 19.9 Å². The molecule has 2 unspecified atom stereocenters. The van der Waals surface area contributed by atoms with Crippen LogP contribution in [0.4, 0.5) is 0 Å². The Bertz CT molecular complexity index is 553. The summed E-state index contributed by atoms with van der Waals surface area (Å²) in [7, 11) is 1.42. The third kappa shape index (κ3) is 3.94. The average Bonchev–Trinajstić information content (AvgIpc) is 2.51. The zero-order chi connectivity index (χ0) is 15.8. The molecule has 0 aliphatic rings. The minimum absolute atomic E-state index is 0.120. The van der Waals surface area contributed by atoms with Gasteiger partial charge in [-0.2, -0.15) is 5.26 Å². The molecule has 0 aliphatic heterocycles. The predicted molar refractivity (Wildman–Crippen MR) is 72.3 cm³/mol. The number of aliphatic hydroxyl groups is 1. The molecule has 7 heteroatoms. The second-order valence-electron chi connectivity index (χ2n) is 4.03. The number of methoxy groups -OCH3 is 1. The van der Waals surface area contributed by atoms with Crippen LogP contribution in [0.3, 0.4) is 0 Å². The molecule has 0 aromatic heterocycles. The van der Waals surface area contributed by atoms with Crippen LogP contribution in [0.5, 0.6) is 5.75 Å². The molecule has 1 amide bonds. The highest BCUT2D eigenvalue weighted by atomic mass is 16.5. The fourth-order valence-corrected chi connectivity index (χ4v) is 1.78. The molecule has 21 heavy (non-hydrogen) atoms. The number of hydrogen-bond donors (Lipinski definition) is 2. The van der Waals surface area contributed by atoms with Gasteiger partial charge in [0.05, 0.1) is 19.3 Å². The molecular formula is C14H16N2O5. The maximum atomic E-state index is 11.7. The number of carbonyl (C=O) groups is 2. The van der Waals surface area contributed by atoms with Crippen molar-refractivity contribution in [2.75, 3.05) is 13.7 Å². The normalized spacial score (nSPS) is 12.7. The molecule has 0 saturated carbocycles. The van der Waals surface area contributed by atoms with Gasteiger partial charge in [0, 0.05) is 0 Å². The highest BCUT2D eigenvalue weighted by Gasteiger charge is 2.29. The van der Waals surface area contributed by atoms with E-state index in [9.17, 15) is 14.7 Å². The summed E-state index contributed by atoms with van der Waals surface area (Å²) in [6.07, 6.45) is -1.04. The molecule has 1 aromatic carbocycles. The summed E-state index contributed by atoms with van der Waals surface area (Å²) in [5.74, 6) is -0.407. The SMILES string of the molecule is CCOC(=O)C(NC=O)C(O)c1ccc(OC)c(C#N)c1. The van der Waals surface area contributed by atoms with E-state index in [2.05, 4.69) is 5.32 Å². The van der Waals surface area contributed by atoms with Crippen LogP contribution >= 0.6 is 0 Å². The van der Waals surface area contributed by atoms with Crippen LogP contribution < -0.4 is 10.1 Å². The van der Waals surface area contributed by atoms with Gasteiger partial charge >= 0.3 is 5.97 Å². The van der Waals surface area contributed by atoms with Gasteiger partial charge in [-0.25, -0.2) is 4.79 Å². The maximum absolute atomic E-state index is 11.7. The largest absolute Gasteiger partial charge is 0.495 e. The topological polar surface area (TPSA) is 109 Å². The average molecular weight is 292 g/mol. The minimum atomic E-state index is -1.34. The number of hydrogen-bond acceptors (Lipinski definition) is 6. The third-order valence-corrected chi connectivity index (χ3v) is 2.79. The fraction of sp³-hybridized carbons (Fsp3) is 0.357. The monoisotopic (exact) mass is 292 g/mol. The molecule has 2 atom stereocenters. The van der Waals surface area contributed by atoms with E-state index in [0.29, 0.717) is 17.7 Å². The smallest absolute Gasteiger partial charge is 0.331 e. The van der Waals surface area contributed by atoms with Crippen molar-refractivity contribution in [1.29, 1.82) is 5.26 Å². The van der Waals surface area contributed by atoms with Crippen LogP contribution in [0, 0.1) is 11.3 Å². The summed E-state index contributed by atoms with van der Waals surface area (Å²) in [5.41, 5.74) is 0.502. The van der Waals surface area contributed by atoms with Crippen molar-refractivity contribution < 1.29 is 24.2 Å². The van der Waals surface area contributed by atoms with Crippen molar-refractivity contribution >= 4 is 12.4 Å². The molecule has 0 aliphatic carbocycles. The van der Waals surface area contributed by atoms with Crippen LogP contribution in [0.2, 0.25) is 0 Å². The predicted octanol–water partition coefficient (Wildman–Crippen LogP) is 0.278. The van der Waals surface area contributed by atoms with Crippen LogP contribution in [-0.4, -0.2) is 37.2 Å². The number of rotatable bonds is 7. The van der Waals surface area contributed by atoms with Gasteiger partial charge in [-0.15, -0.1) is 0 Å². The second kappa shape index (κ2) is 7.87. The number of nitriles is 1. The number of aliphatic hydroxyl groups excluding tert-OH is 1. The van der Waals surface area contributed by atoms with Crippen LogP contribution in [-0.2, 0) is 14.3 Å². The first kappa shape index (κ1) is 16.5. The maximum Gasteiger partial charge on any atom is 0.331 e. The number of esters is 1. The molecule has 2 N–H and O–H groups in total. The molecule has 0 heterocycles. The van der Waals surface area contributed by atoms with E-state index in [1.165, 1.54) is 25.3 Å². The quantitative estimate of drug-likeness (QED) is 0.552. The Morgan fingerprint density at radius 2 is 2.29 bits per heavy atom. The number of amides is 1. The first-order chi connectivity index (χ1) is 10.1. The van der Waals surface area contributed by atoms with Crippen molar-refractivity contribution in [1.82, 2.24) is 5.32 Å². The number of carbonyl (C=O) groups excluding carboxylic acids is 2. The number of ether oxygens (including phenoxy) is 2. The molecular weight excluding hydrogens is 276 g/mol. The number of nitrogens with zero attached hydrogens (tertiary/aromatic N) is 1. The summed E-state index contributed by atoms with van der Waals surface area (Å²) in [4.78, 5) is 22.3. The molecule has 7 nitrogen and oxygen atoms in total. The highest BCUT2D eigenvalue weighted by molar-refractivity contribution is 5.79. The van der Waals surface area contributed by atoms with E-state index in [1.54, 1.807) is 6.92 Å². The van der Waals surface area contributed by atoms with Crippen molar-refractivity contribution in [3.8, 4) is 11.8 Å². The Morgan fingerprint density at radius 1 is 1.57 bits per heavy atom. The lowest BCUT2D eigenvalue weighted by molar-refractivity contribution is -0.149. The summed E-state index contributed by atoms with van der Waals surface area (Å²) in [6.45, 7) is 1.73. The van der Waals surface area contributed by atoms with Gasteiger partial charge in [0.2, 0.25) is 6.41 Å². The van der Waals surface area contributed by atoms with Gasteiger partial charge in [-0.1, -0.05) is 6.07 Å². The van der Waals surface area contributed by atoms with Gasteiger partial charge in [0.25, 0.3) is 0 Å². The van der Waals surface area contributed by atoms with Gasteiger partial charge in [-0.3, -0.25) is 4.79 Å². The number of benzene rings is 1. The zero-order valence-electron chi connectivity index (χ0n) is 11.7. The van der Waals surface area contributed by atoms with Gasteiger partial charge in [0.1, 0.15) is 17.9 Å². The van der Waals surface area contributed by atoms with E-state index in [0.717, 1.165) is 0 Å². The Kier molecular flexibility index (Phi) is 6.17. The van der Waals surface area contributed by atoms with Gasteiger partial charge in [0.15, 0.2) is 6.04 Å². The van der Waals surface area contributed by atoms with Crippen LogP contribution in [0.25, 0.3) is 0 Å². The summed E-state index contributed by atoms with van der Waals surface area (Å²) >= 11 is 0. The lowest BCUT2D eigenvalue weighted by atomic mass is 10.00. The van der Waals surface area contributed by atoms with Gasteiger partial charge in [-0.05, 0) is 24.6 Å². The van der Waals surface area contributed by atoms with E-state index < -0.39 is 18.1 Å². The Morgan fingerprint density at radius 3 is 2.81 bits per heavy atom. The minimum Gasteiger partial charge on any atom is -0.495 e. The summed E-state index contributed by atoms with van der Waals surface area (Å²) in [5, 5.41) is 21.4. The molecule has 0 spiro atoms. The van der Waals surface area contributed by atoms with Crippen LogP contribution in [0.15, 0.2) is 18.2 Å². The standard InChI is InChI=1S/C14H16N2O5/c1-3-21-14(19)12(16-8-17)13(18)9-4-5-11(20-2)10(6-9)7-15/h4-6,8,12-13,18H,3H2,1-2H3,(H,16,17).